The molecule has 0 aliphatic carbocycles. The summed E-state index contributed by atoms with van der Waals surface area (Å²) >= 11 is 0. The summed E-state index contributed by atoms with van der Waals surface area (Å²) in [4.78, 5) is 15.6. The number of nitrogens with two attached hydrogens (primary N) is 1. The van der Waals surface area contributed by atoms with Gasteiger partial charge >= 0.3 is 7.12 Å². The van der Waals surface area contributed by atoms with Gasteiger partial charge in [0.25, 0.3) is 0 Å². The van der Waals surface area contributed by atoms with Crippen LogP contribution >= 0.6 is 0 Å². The molecule has 124 valence electrons. The first-order valence-electron chi connectivity index (χ1n) is 7.64. The zero-order chi connectivity index (χ0) is 17.3. The molecular formula is C17H18BFN2O3. The number of primary amides is 1. The van der Waals surface area contributed by atoms with E-state index in [-0.39, 0.29) is 16.5 Å². The number of amides is 1. The monoisotopic (exact) mass is 328 g/mol. The van der Waals surface area contributed by atoms with Crippen molar-refractivity contribution in [1.82, 2.24) is 4.98 Å². The molecule has 1 aliphatic rings. The van der Waals surface area contributed by atoms with Gasteiger partial charge in [-0.05, 0) is 17.6 Å². The second kappa shape index (κ2) is 6.34. The van der Waals surface area contributed by atoms with Crippen molar-refractivity contribution in [3.8, 4) is 11.1 Å². The average Bonchev–Trinajstić information content (AvgIpc) is 2.55. The highest BCUT2D eigenvalue weighted by Gasteiger charge is 2.33. The van der Waals surface area contributed by atoms with Crippen molar-refractivity contribution >= 4 is 18.5 Å². The van der Waals surface area contributed by atoms with Gasteiger partial charge in [-0.2, -0.15) is 0 Å². The van der Waals surface area contributed by atoms with E-state index in [0.29, 0.717) is 24.2 Å². The van der Waals surface area contributed by atoms with Crippen molar-refractivity contribution in [2.24, 2.45) is 11.1 Å². The summed E-state index contributed by atoms with van der Waals surface area (Å²) in [5, 5.41) is 0. The van der Waals surface area contributed by atoms with Gasteiger partial charge in [-0.25, -0.2) is 4.39 Å². The Hall–Kier alpha value is -2.25. The number of benzene rings is 1. The van der Waals surface area contributed by atoms with Gasteiger partial charge in [0.15, 0.2) is 0 Å². The quantitative estimate of drug-likeness (QED) is 0.871. The van der Waals surface area contributed by atoms with Crippen LogP contribution in [0.25, 0.3) is 11.1 Å². The van der Waals surface area contributed by atoms with Crippen molar-refractivity contribution in [2.75, 3.05) is 13.2 Å². The Balaban J connectivity index is 1.98. The van der Waals surface area contributed by atoms with E-state index in [4.69, 9.17) is 15.0 Å². The molecule has 0 atom stereocenters. The third kappa shape index (κ3) is 3.32. The largest absolute Gasteiger partial charge is 0.493 e. The van der Waals surface area contributed by atoms with Crippen molar-refractivity contribution in [3.05, 3.63) is 48.0 Å². The molecule has 1 aromatic heterocycles. The Morgan fingerprint density at radius 3 is 2.62 bits per heavy atom. The Morgan fingerprint density at radius 2 is 1.96 bits per heavy atom. The number of aromatic nitrogens is 1. The first-order chi connectivity index (χ1) is 11.4. The topological polar surface area (TPSA) is 74.4 Å². The molecule has 1 amide bonds. The number of carbonyl (C=O) groups excluding carboxylic acids is 1. The van der Waals surface area contributed by atoms with Crippen LogP contribution in [0.5, 0.6) is 0 Å². The van der Waals surface area contributed by atoms with E-state index in [1.165, 1.54) is 24.5 Å². The summed E-state index contributed by atoms with van der Waals surface area (Å²) in [5.41, 5.74) is 6.81. The Kier molecular flexibility index (Phi) is 4.38. The molecule has 24 heavy (non-hydrogen) atoms. The third-order valence-corrected chi connectivity index (χ3v) is 3.89. The lowest BCUT2D eigenvalue weighted by Gasteiger charge is -2.33. The van der Waals surface area contributed by atoms with E-state index < -0.39 is 18.8 Å². The average molecular weight is 328 g/mol. The number of rotatable bonds is 3. The summed E-state index contributed by atoms with van der Waals surface area (Å²) in [6.07, 6.45) is 2.87. The van der Waals surface area contributed by atoms with Gasteiger partial charge in [0.05, 0.1) is 5.56 Å². The predicted molar refractivity (Wildman–Crippen MR) is 89.2 cm³/mol. The second-order valence-corrected chi connectivity index (χ2v) is 6.64. The Morgan fingerprint density at radius 1 is 1.25 bits per heavy atom. The highest BCUT2D eigenvalue weighted by atomic mass is 19.1. The number of hydrogen-bond acceptors (Lipinski definition) is 4. The summed E-state index contributed by atoms with van der Waals surface area (Å²) in [6.45, 7) is 5.19. The number of halogens is 1. The molecule has 2 aromatic rings. The fraction of sp³-hybridized carbons (Fsp3) is 0.294. The molecule has 7 heteroatoms. The van der Waals surface area contributed by atoms with E-state index in [9.17, 15) is 9.18 Å². The highest BCUT2D eigenvalue weighted by Crippen LogP contribution is 2.26. The molecule has 3 rings (SSSR count). The molecule has 1 saturated heterocycles. The van der Waals surface area contributed by atoms with E-state index in [0.717, 1.165) is 0 Å². The first kappa shape index (κ1) is 16.6. The maximum atomic E-state index is 14.3. The molecule has 0 spiro atoms. The normalized spacial score (nSPS) is 16.9. The molecule has 0 bridgehead atoms. The summed E-state index contributed by atoms with van der Waals surface area (Å²) < 4.78 is 25.8. The van der Waals surface area contributed by atoms with Crippen LogP contribution in [0.3, 0.4) is 0 Å². The summed E-state index contributed by atoms with van der Waals surface area (Å²) in [7, 11) is -0.564. The number of carbonyl (C=O) groups is 1. The number of hydrogen-bond donors (Lipinski definition) is 1. The van der Waals surface area contributed by atoms with Crippen LogP contribution in [0.2, 0.25) is 0 Å². The fourth-order valence-corrected chi connectivity index (χ4v) is 2.60. The van der Waals surface area contributed by atoms with Crippen molar-refractivity contribution in [3.63, 3.8) is 0 Å². The Labute approximate surface area is 140 Å². The lowest BCUT2D eigenvalue weighted by Crippen LogP contribution is -2.47. The lowest BCUT2D eigenvalue weighted by molar-refractivity contribution is 0.0343. The molecule has 0 unspecified atom stereocenters. The molecule has 1 fully saturated rings. The highest BCUT2D eigenvalue weighted by molar-refractivity contribution is 6.61. The molecule has 5 nitrogen and oxygen atoms in total. The summed E-state index contributed by atoms with van der Waals surface area (Å²) in [6, 6.07) is 6.03. The predicted octanol–water partition coefficient (Wildman–Crippen LogP) is 1.75. The van der Waals surface area contributed by atoms with Crippen LogP contribution in [0, 0.1) is 11.2 Å². The molecule has 2 heterocycles. The van der Waals surface area contributed by atoms with Crippen LogP contribution < -0.4 is 11.2 Å². The van der Waals surface area contributed by atoms with Crippen LogP contribution in [-0.4, -0.2) is 31.2 Å². The minimum Gasteiger partial charge on any atom is -0.407 e. The van der Waals surface area contributed by atoms with Gasteiger partial charge in [-0.3, -0.25) is 9.78 Å². The van der Waals surface area contributed by atoms with Gasteiger partial charge < -0.3 is 15.0 Å². The standard InChI is InChI=1S/C17H18BFN2O3/c1-17(2)9-23-18(24-10-17)11-3-4-15(19)13(7-11)14-8-21-6-5-12(14)16(20)22/h3-8H,9-10H2,1-2H3,(H2,20,22). The molecule has 1 aliphatic heterocycles. The molecule has 0 radical (unpaired) electrons. The second-order valence-electron chi connectivity index (χ2n) is 6.64. The van der Waals surface area contributed by atoms with E-state index in [1.54, 1.807) is 12.1 Å². The zero-order valence-corrected chi connectivity index (χ0v) is 13.6. The first-order valence-corrected chi connectivity index (χ1v) is 7.64. The smallest absolute Gasteiger partial charge is 0.407 e. The zero-order valence-electron chi connectivity index (χ0n) is 13.6. The van der Waals surface area contributed by atoms with Crippen LogP contribution in [0.4, 0.5) is 4.39 Å². The van der Waals surface area contributed by atoms with E-state index in [1.807, 2.05) is 13.8 Å². The maximum absolute atomic E-state index is 14.3. The van der Waals surface area contributed by atoms with Gasteiger partial charge in [0, 0.05) is 42.1 Å². The molecular weight excluding hydrogens is 310 g/mol. The minimum atomic E-state index is -0.635. The van der Waals surface area contributed by atoms with Gasteiger partial charge in [-0.15, -0.1) is 0 Å². The van der Waals surface area contributed by atoms with Crippen LogP contribution in [-0.2, 0) is 9.31 Å². The fourth-order valence-electron chi connectivity index (χ4n) is 2.60. The summed E-state index contributed by atoms with van der Waals surface area (Å²) in [5.74, 6) is -1.10. The van der Waals surface area contributed by atoms with Gasteiger partial charge in [0.1, 0.15) is 5.82 Å². The number of pyridine rings is 1. The molecule has 1 aromatic carbocycles. The van der Waals surface area contributed by atoms with E-state index >= 15 is 0 Å². The van der Waals surface area contributed by atoms with Gasteiger partial charge in [0.2, 0.25) is 5.91 Å². The van der Waals surface area contributed by atoms with Crippen LogP contribution in [0.1, 0.15) is 24.2 Å². The number of nitrogens with zero attached hydrogens (tertiary/aromatic N) is 1. The maximum Gasteiger partial charge on any atom is 0.493 e. The van der Waals surface area contributed by atoms with Crippen molar-refractivity contribution < 1.29 is 18.5 Å². The molecule has 2 N–H and O–H groups in total. The van der Waals surface area contributed by atoms with Gasteiger partial charge in [-0.1, -0.05) is 26.0 Å². The van der Waals surface area contributed by atoms with Crippen molar-refractivity contribution in [2.45, 2.75) is 13.8 Å². The SMILES string of the molecule is CC1(C)COB(c2ccc(F)c(-c3cnccc3C(N)=O)c2)OC1. The van der Waals surface area contributed by atoms with E-state index in [2.05, 4.69) is 4.98 Å². The Bertz CT molecular complexity index is 772. The van der Waals surface area contributed by atoms with Crippen LogP contribution in [0.15, 0.2) is 36.7 Å². The third-order valence-electron chi connectivity index (χ3n) is 3.89. The molecule has 0 saturated carbocycles. The van der Waals surface area contributed by atoms with Crippen molar-refractivity contribution in [1.29, 1.82) is 0 Å². The minimum absolute atomic E-state index is 0.0537. The lowest BCUT2D eigenvalue weighted by atomic mass is 9.75.